The average molecular weight is 398 g/mol. The van der Waals surface area contributed by atoms with Gasteiger partial charge in [-0.05, 0) is 52.2 Å². The van der Waals surface area contributed by atoms with Crippen molar-refractivity contribution in [2.45, 2.75) is 57.9 Å². The minimum absolute atomic E-state index is 0.0700. The number of anilines is 1. The van der Waals surface area contributed by atoms with Crippen molar-refractivity contribution >= 4 is 23.3 Å². The molecule has 2 aliphatic heterocycles. The van der Waals surface area contributed by atoms with E-state index in [1.54, 1.807) is 4.90 Å². The summed E-state index contributed by atoms with van der Waals surface area (Å²) in [5.74, 6) is 1.55. The molecule has 4 rings (SSSR count). The fraction of sp³-hybridized carbons (Fsp3) is 0.591. The number of aromatic nitrogens is 2. The molecular formula is C22H31N5O2. The van der Waals surface area contributed by atoms with Crippen LogP contribution in [-0.4, -0.2) is 62.7 Å². The van der Waals surface area contributed by atoms with Gasteiger partial charge in [-0.2, -0.15) is 0 Å². The third-order valence-electron chi connectivity index (χ3n) is 5.78. The first kappa shape index (κ1) is 19.7. The second-order valence-electron chi connectivity index (χ2n) is 9.22. The van der Waals surface area contributed by atoms with Gasteiger partial charge < -0.3 is 15.1 Å². The van der Waals surface area contributed by atoms with Crippen molar-refractivity contribution in [2.24, 2.45) is 0 Å². The molecule has 2 fully saturated rings. The molecule has 2 saturated heterocycles. The number of pyridine rings is 1. The predicted octanol–water partition coefficient (Wildman–Crippen LogP) is 2.87. The molecule has 0 saturated carbocycles. The van der Waals surface area contributed by atoms with Gasteiger partial charge in [0.2, 0.25) is 11.8 Å². The second kappa shape index (κ2) is 7.69. The number of imidazole rings is 1. The van der Waals surface area contributed by atoms with Gasteiger partial charge in [-0.3, -0.25) is 14.0 Å². The Morgan fingerprint density at radius 3 is 2.62 bits per heavy atom. The van der Waals surface area contributed by atoms with E-state index in [4.69, 9.17) is 4.98 Å². The Kier molecular flexibility index (Phi) is 5.23. The minimum Gasteiger partial charge on any atom is -0.365 e. The van der Waals surface area contributed by atoms with E-state index in [1.165, 1.54) is 0 Å². The van der Waals surface area contributed by atoms with Crippen molar-refractivity contribution in [2.75, 3.05) is 31.5 Å². The van der Waals surface area contributed by atoms with Gasteiger partial charge in [0.25, 0.3) is 0 Å². The lowest BCUT2D eigenvalue weighted by Gasteiger charge is -2.33. The topological polar surface area (TPSA) is 70.0 Å². The summed E-state index contributed by atoms with van der Waals surface area (Å²) in [7, 11) is 0. The zero-order valence-corrected chi connectivity index (χ0v) is 17.6. The second-order valence-corrected chi connectivity index (χ2v) is 9.22. The van der Waals surface area contributed by atoms with Crippen LogP contribution in [0.15, 0.2) is 24.4 Å². The number of piperidine rings is 1. The number of fused-ring (bicyclic) bond motifs is 1. The van der Waals surface area contributed by atoms with Gasteiger partial charge in [0.05, 0.1) is 12.2 Å². The van der Waals surface area contributed by atoms with Crippen molar-refractivity contribution < 1.29 is 9.59 Å². The largest absolute Gasteiger partial charge is 0.365 e. The van der Waals surface area contributed by atoms with E-state index in [0.717, 1.165) is 36.4 Å². The maximum absolute atomic E-state index is 12.6. The molecule has 0 spiro atoms. The number of carbonyl (C=O) groups is 2. The Balaban J connectivity index is 1.47. The Bertz CT molecular complexity index is 906. The smallest absolute Gasteiger partial charge is 0.242 e. The Hall–Kier alpha value is -2.57. The highest BCUT2D eigenvalue weighted by molar-refractivity contribution is 5.86. The number of hydrogen-bond donors (Lipinski definition) is 1. The van der Waals surface area contributed by atoms with E-state index in [-0.39, 0.29) is 23.9 Å². The highest BCUT2D eigenvalue weighted by Gasteiger charge is 2.31. The summed E-state index contributed by atoms with van der Waals surface area (Å²) in [6.45, 7) is 8.83. The third kappa shape index (κ3) is 4.23. The van der Waals surface area contributed by atoms with E-state index in [1.807, 2.05) is 29.3 Å². The van der Waals surface area contributed by atoms with Crippen molar-refractivity contribution in [1.82, 2.24) is 19.2 Å². The summed E-state index contributed by atoms with van der Waals surface area (Å²) in [6, 6.07) is 6.06. The maximum atomic E-state index is 12.6. The molecule has 0 radical (unpaired) electrons. The van der Waals surface area contributed by atoms with Gasteiger partial charge >= 0.3 is 0 Å². The van der Waals surface area contributed by atoms with Crippen LogP contribution in [0.2, 0.25) is 0 Å². The zero-order valence-electron chi connectivity index (χ0n) is 17.6. The first-order chi connectivity index (χ1) is 13.8. The molecular weight excluding hydrogens is 366 g/mol. The van der Waals surface area contributed by atoms with Crippen LogP contribution in [0, 0.1) is 0 Å². The zero-order chi connectivity index (χ0) is 20.6. The van der Waals surface area contributed by atoms with Crippen LogP contribution in [0.4, 0.5) is 5.82 Å². The summed E-state index contributed by atoms with van der Waals surface area (Å²) in [5, 5.41) is 3.63. The van der Waals surface area contributed by atoms with Crippen LogP contribution in [0.3, 0.4) is 0 Å². The molecule has 7 nitrogen and oxygen atoms in total. The molecule has 0 aliphatic carbocycles. The van der Waals surface area contributed by atoms with Gasteiger partial charge in [-0.15, -0.1) is 0 Å². The molecule has 2 amide bonds. The van der Waals surface area contributed by atoms with Crippen molar-refractivity contribution in [3.8, 4) is 0 Å². The number of rotatable bonds is 4. The standard InChI is InChI=1S/C22H31N5O2/c1-22(2,3)24-21-20(23-17-7-4-5-12-27(17)21)16-9-13-25(14-10-16)19(29)15-26-11-6-8-18(26)28/h4-5,7,12,16,24H,6,8-11,13-15H2,1-3H3. The first-order valence-electron chi connectivity index (χ1n) is 10.6. The fourth-order valence-corrected chi connectivity index (χ4v) is 4.31. The molecule has 0 atom stereocenters. The lowest BCUT2D eigenvalue weighted by molar-refractivity contribution is -0.139. The Morgan fingerprint density at radius 1 is 1.21 bits per heavy atom. The van der Waals surface area contributed by atoms with Crippen LogP contribution in [-0.2, 0) is 9.59 Å². The molecule has 7 heteroatoms. The van der Waals surface area contributed by atoms with Gasteiger partial charge in [0, 0.05) is 43.7 Å². The van der Waals surface area contributed by atoms with Gasteiger partial charge in [-0.25, -0.2) is 4.98 Å². The Morgan fingerprint density at radius 2 is 1.97 bits per heavy atom. The van der Waals surface area contributed by atoms with E-state index in [0.29, 0.717) is 32.0 Å². The van der Waals surface area contributed by atoms with Crippen LogP contribution >= 0.6 is 0 Å². The number of likely N-dealkylation sites (tertiary alicyclic amines) is 2. The highest BCUT2D eigenvalue weighted by atomic mass is 16.2. The van der Waals surface area contributed by atoms with Crippen LogP contribution < -0.4 is 5.32 Å². The lowest BCUT2D eigenvalue weighted by atomic mass is 9.93. The van der Waals surface area contributed by atoms with Crippen LogP contribution in [0.5, 0.6) is 0 Å². The molecule has 0 unspecified atom stereocenters. The molecule has 0 bridgehead atoms. The molecule has 1 N–H and O–H groups in total. The lowest BCUT2D eigenvalue weighted by Crippen LogP contribution is -2.44. The molecule has 0 aromatic carbocycles. The monoisotopic (exact) mass is 397 g/mol. The summed E-state index contributed by atoms with van der Waals surface area (Å²) < 4.78 is 2.12. The Labute approximate surface area is 172 Å². The molecule has 2 aliphatic rings. The van der Waals surface area contributed by atoms with Crippen LogP contribution in [0.1, 0.15) is 58.1 Å². The number of amides is 2. The van der Waals surface area contributed by atoms with Crippen molar-refractivity contribution in [3.63, 3.8) is 0 Å². The minimum atomic E-state index is -0.0700. The van der Waals surface area contributed by atoms with Gasteiger partial charge in [-0.1, -0.05) is 6.07 Å². The highest BCUT2D eigenvalue weighted by Crippen LogP contribution is 2.34. The SMILES string of the molecule is CC(C)(C)Nc1c(C2CCN(C(=O)CN3CCCC3=O)CC2)nc2ccccn12. The van der Waals surface area contributed by atoms with Gasteiger partial charge in [0.1, 0.15) is 11.5 Å². The molecule has 2 aromatic rings. The average Bonchev–Trinajstić information content (AvgIpc) is 3.24. The summed E-state index contributed by atoms with van der Waals surface area (Å²) in [6.07, 6.45) is 5.27. The summed E-state index contributed by atoms with van der Waals surface area (Å²) >= 11 is 0. The van der Waals surface area contributed by atoms with E-state index in [2.05, 4.69) is 30.5 Å². The third-order valence-corrected chi connectivity index (χ3v) is 5.78. The molecule has 2 aromatic heterocycles. The molecule has 29 heavy (non-hydrogen) atoms. The van der Waals surface area contributed by atoms with E-state index < -0.39 is 0 Å². The molecule has 4 heterocycles. The van der Waals surface area contributed by atoms with E-state index in [9.17, 15) is 9.59 Å². The van der Waals surface area contributed by atoms with Crippen molar-refractivity contribution in [3.05, 3.63) is 30.1 Å². The predicted molar refractivity (Wildman–Crippen MR) is 113 cm³/mol. The normalized spacial score (nSPS) is 18.7. The fourth-order valence-electron chi connectivity index (χ4n) is 4.31. The number of carbonyl (C=O) groups excluding carboxylic acids is 2. The van der Waals surface area contributed by atoms with E-state index >= 15 is 0 Å². The van der Waals surface area contributed by atoms with Crippen molar-refractivity contribution in [1.29, 1.82) is 0 Å². The quantitative estimate of drug-likeness (QED) is 0.861. The number of nitrogens with zero attached hydrogens (tertiary/aromatic N) is 4. The first-order valence-corrected chi connectivity index (χ1v) is 10.6. The van der Waals surface area contributed by atoms with Crippen LogP contribution in [0.25, 0.3) is 5.65 Å². The number of hydrogen-bond acceptors (Lipinski definition) is 4. The van der Waals surface area contributed by atoms with Gasteiger partial charge in [0.15, 0.2) is 0 Å². The number of nitrogens with one attached hydrogen (secondary N) is 1. The maximum Gasteiger partial charge on any atom is 0.242 e. The summed E-state index contributed by atoms with van der Waals surface area (Å²) in [4.78, 5) is 33.0. The molecule has 156 valence electrons. The summed E-state index contributed by atoms with van der Waals surface area (Å²) in [5.41, 5.74) is 1.97.